The van der Waals surface area contributed by atoms with E-state index in [-0.39, 0.29) is 5.91 Å². The Labute approximate surface area is 123 Å². The van der Waals surface area contributed by atoms with Crippen molar-refractivity contribution >= 4 is 23.2 Å². The Hall–Kier alpha value is -1.30. The lowest BCUT2D eigenvalue weighted by Gasteiger charge is -2.29. The number of aliphatic hydroxyl groups is 1. The topological polar surface area (TPSA) is 78.6 Å². The van der Waals surface area contributed by atoms with E-state index in [0.29, 0.717) is 22.8 Å². The van der Waals surface area contributed by atoms with E-state index in [1.165, 1.54) is 4.90 Å². The molecule has 4 N–H and O–H groups in total. The highest BCUT2D eigenvalue weighted by molar-refractivity contribution is 6.31. The molecule has 1 fully saturated rings. The van der Waals surface area contributed by atoms with E-state index >= 15 is 0 Å². The van der Waals surface area contributed by atoms with Crippen LogP contribution in [0.4, 0.5) is 5.69 Å². The molecule has 0 saturated heterocycles. The van der Waals surface area contributed by atoms with Gasteiger partial charge < -0.3 is 15.4 Å². The van der Waals surface area contributed by atoms with Crippen LogP contribution in [0, 0.1) is 0 Å². The van der Waals surface area contributed by atoms with Gasteiger partial charge in [-0.1, -0.05) is 24.4 Å². The molecule has 0 heterocycles. The van der Waals surface area contributed by atoms with E-state index in [2.05, 4.69) is 5.43 Å². The molecular weight excluding hydrogens is 278 g/mol. The number of amides is 1. The third-order valence-corrected chi connectivity index (χ3v) is 4.02. The van der Waals surface area contributed by atoms with E-state index in [9.17, 15) is 9.90 Å². The zero-order chi connectivity index (χ0) is 14.8. The van der Waals surface area contributed by atoms with Crippen molar-refractivity contribution in [1.29, 1.82) is 0 Å². The monoisotopic (exact) mass is 297 g/mol. The Morgan fingerprint density at radius 1 is 1.50 bits per heavy atom. The molecule has 110 valence electrons. The molecule has 6 heteroatoms. The molecule has 0 bridgehead atoms. The van der Waals surface area contributed by atoms with Crippen LogP contribution < -0.4 is 11.3 Å². The van der Waals surface area contributed by atoms with Gasteiger partial charge >= 0.3 is 0 Å². The number of benzene rings is 1. The first kappa shape index (κ1) is 15.1. The molecule has 0 aromatic heterocycles. The van der Waals surface area contributed by atoms with Gasteiger partial charge in [0.1, 0.15) is 0 Å². The number of hydrogen-bond donors (Lipinski definition) is 3. The Bertz CT molecular complexity index is 501. The van der Waals surface area contributed by atoms with Crippen LogP contribution in [-0.4, -0.2) is 35.1 Å². The van der Waals surface area contributed by atoms with Gasteiger partial charge in [-0.3, -0.25) is 10.6 Å². The van der Waals surface area contributed by atoms with Gasteiger partial charge in [-0.05, 0) is 31.0 Å². The Kier molecular flexibility index (Phi) is 4.52. The molecule has 1 aromatic rings. The fraction of sp³-hybridized carbons (Fsp3) is 0.500. The minimum Gasteiger partial charge on any atom is -0.388 e. The van der Waals surface area contributed by atoms with Crippen molar-refractivity contribution in [1.82, 2.24) is 4.90 Å². The number of hydrogen-bond acceptors (Lipinski definition) is 4. The highest BCUT2D eigenvalue weighted by atomic mass is 35.5. The zero-order valence-electron chi connectivity index (χ0n) is 11.5. The molecule has 20 heavy (non-hydrogen) atoms. The summed E-state index contributed by atoms with van der Waals surface area (Å²) in [5, 5.41) is 10.9. The van der Waals surface area contributed by atoms with Crippen molar-refractivity contribution in [3.63, 3.8) is 0 Å². The van der Waals surface area contributed by atoms with Gasteiger partial charge in [-0.25, -0.2) is 0 Å². The molecule has 1 aromatic carbocycles. The first-order valence-corrected chi connectivity index (χ1v) is 7.07. The maximum Gasteiger partial charge on any atom is 0.255 e. The van der Waals surface area contributed by atoms with Gasteiger partial charge in [0.15, 0.2) is 0 Å². The lowest BCUT2D eigenvalue weighted by molar-refractivity contribution is 0.0157. The maximum atomic E-state index is 12.5. The fourth-order valence-electron chi connectivity index (χ4n) is 2.73. The molecule has 2 rings (SSSR count). The van der Waals surface area contributed by atoms with Gasteiger partial charge in [-0.2, -0.15) is 0 Å². The second-order valence-corrected chi connectivity index (χ2v) is 5.86. The molecule has 0 aliphatic heterocycles. The van der Waals surface area contributed by atoms with Crippen LogP contribution in [0.3, 0.4) is 0 Å². The van der Waals surface area contributed by atoms with Gasteiger partial charge in [0.05, 0.1) is 16.9 Å². The quantitative estimate of drug-likeness (QED) is 0.587. The third-order valence-electron chi connectivity index (χ3n) is 3.78. The summed E-state index contributed by atoms with van der Waals surface area (Å²) < 4.78 is 0. The van der Waals surface area contributed by atoms with Crippen LogP contribution in [0.25, 0.3) is 0 Å². The first-order chi connectivity index (χ1) is 9.45. The van der Waals surface area contributed by atoms with Gasteiger partial charge in [0.25, 0.3) is 5.91 Å². The largest absolute Gasteiger partial charge is 0.388 e. The van der Waals surface area contributed by atoms with Crippen molar-refractivity contribution in [2.75, 3.05) is 19.0 Å². The fourth-order valence-corrected chi connectivity index (χ4v) is 2.90. The van der Waals surface area contributed by atoms with Crippen LogP contribution >= 0.6 is 11.6 Å². The Balaban J connectivity index is 2.16. The van der Waals surface area contributed by atoms with Crippen LogP contribution in [0.1, 0.15) is 36.0 Å². The summed E-state index contributed by atoms with van der Waals surface area (Å²) in [6.07, 6.45) is 3.49. The molecule has 1 aliphatic rings. The number of rotatable bonds is 4. The zero-order valence-corrected chi connectivity index (χ0v) is 12.3. The predicted molar refractivity (Wildman–Crippen MR) is 79.6 cm³/mol. The van der Waals surface area contributed by atoms with Crippen molar-refractivity contribution in [2.24, 2.45) is 5.84 Å². The molecule has 1 saturated carbocycles. The predicted octanol–water partition coefficient (Wildman–Crippen LogP) is 2.00. The number of anilines is 1. The van der Waals surface area contributed by atoms with Crippen molar-refractivity contribution in [2.45, 2.75) is 31.3 Å². The average molecular weight is 298 g/mol. The minimum absolute atomic E-state index is 0.208. The summed E-state index contributed by atoms with van der Waals surface area (Å²) in [7, 11) is 1.68. The summed E-state index contributed by atoms with van der Waals surface area (Å²) in [5.74, 6) is 5.21. The minimum atomic E-state index is -0.765. The number of likely N-dealkylation sites (N-methyl/N-ethyl adjacent to an activating group) is 1. The molecule has 0 spiro atoms. The molecule has 0 unspecified atom stereocenters. The lowest BCUT2D eigenvalue weighted by Crippen LogP contribution is -2.42. The SMILES string of the molecule is CN(CC1(O)CCCC1)C(=O)c1cc(Cl)ccc1NN. The number of halogens is 1. The van der Waals surface area contributed by atoms with Crippen LogP contribution in [0.5, 0.6) is 0 Å². The van der Waals surface area contributed by atoms with E-state index in [0.717, 1.165) is 25.7 Å². The number of nitrogens with zero attached hydrogens (tertiary/aromatic N) is 1. The average Bonchev–Trinajstić information content (AvgIpc) is 2.84. The maximum absolute atomic E-state index is 12.5. The standard InChI is InChI=1S/C14H20ClN3O2/c1-18(9-14(20)6-2-3-7-14)13(19)11-8-10(15)4-5-12(11)17-16/h4-5,8,17,20H,2-3,6-7,9,16H2,1H3. The van der Waals surface area contributed by atoms with Gasteiger partial charge in [-0.15, -0.1) is 0 Å². The van der Waals surface area contributed by atoms with E-state index in [4.69, 9.17) is 17.4 Å². The smallest absolute Gasteiger partial charge is 0.255 e. The lowest BCUT2D eigenvalue weighted by atomic mass is 10.0. The summed E-state index contributed by atoms with van der Waals surface area (Å²) in [5.41, 5.74) is 2.65. The number of carbonyl (C=O) groups is 1. The summed E-state index contributed by atoms with van der Waals surface area (Å²) >= 11 is 5.93. The van der Waals surface area contributed by atoms with E-state index in [1.807, 2.05) is 0 Å². The highest BCUT2D eigenvalue weighted by Gasteiger charge is 2.33. The van der Waals surface area contributed by atoms with Crippen molar-refractivity contribution in [3.8, 4) is 0 Å². The second kappa shape index (κ2) is 5.99. The highest BCUT2D eigenvalue weighted by Crippen LogP contribution is 2.30. The van der Waals surface area contributed by atoms with Crippen molar-refractivity contribution < 1.29 is 9.90 Å². The molecular formula is C14H20ClN3O2. The second-order valence-electron chi connectivity index (χ2n) is 5.43. The van der Waals surface area contributed by atoms with E-state index < -0.39 is 5.60 Å². The Morgan fingerprint density at radius 3 is 2.75 bits per heavy atom. The summed E-state index contributed by atoms with van der Waals surface area (Å²) in [4.78, 5) is 14.0. The molecule has 1 amide bonds. The molecule has 0 radical (unpaired) electrons. The Morgan fingerprint density at radius 2 is 2.15 bits per heavy atom. The van der Waals surface area contributed by atoms with Gasteiger partial charge in [0, 0.05) is 18.6 Å². The first-order valence-electron chi connectivity index (χ1n) is 6.69. The summed E-state index contributed by atoms with van der Waals surface area (Å²) in [6.45, 7) is 0.322. The number of nitrogens with two attached hydrogens (primary N) is 1. The number of hydrazine groups is 1. The third kappa shape index (κ3) is 3.23. The normalized spacial score (nSPS) is 17.0. The van der Waals surface area contributed by atoms with Gasteiger partial charge in [0.2, 0.25) is 0 Å². The van der Waals surface area contributed by atoms with Crippen molar-refractivity contribution in [3.05, 3.63) is 28.8 Å². The molecule has 1 aliphatic carbocycles. The number of carbonyl (C=O) groups excluding carboxylic acids is 1. The van der Waals surface area contributed by atoms with Crippen LogP contribution in [-0.2, 0) is 0 Å². The van der Waals surface area contributed by atoms with Crippen LogP contribution in [0.2, 0.25) is 5.02 Å². The summed E-state index contributed by atoms with van der Waals surface area (Å²) in [6, 6.07) is 4.90. The number of nitrogen functional groups attached to an aromatic ring is 1. The number of nitrogens with one attached hydrogen (secondary N) is 1. The van der Waals surface area contributed by atoms with Crippen LogP contribution in [0.15, 0.2) is 18.2 Å². The molecule has 5 nitrogen and oxygen atoms in total. The molecule has 0 atom stereocenters. The van der Waals surface area contributed by atoms with E-state index in [1.54, 1.807) is 25.2 Å².